The van der Waals surface area contributed by atoms with Crippen molar-refractivity contribution in [1.29, 1.82) is 0 Å². The zero-order valence-corrected chi connectivity index (χ0v) is 12.5. The second-order valence-corrected chi connectivity index (χ2v) is 6.33. The fourth-order valence-corrected chi connectivity index (χ4v) is 3.12. The van der Waals surface area contributed by atoms with Gasteiger partial charge in [-0.3, -0.25) is 4.79 Å². The highest BCUT2D eigenvalue weighted by atomic mass is 32.2. The van der Waals surface area contributed by atoms with Crippen LogP contribution in [0.5, 0.6) is 0 Å². The average molecular weight is 283 g/mol. The maximum Gasteiger partial charge on any atom is 0.313 e. The molecule has 6 heteroatoms. The van der Waals surface area contributed by atoms with Crippen LogP contribution in [0.4, 0.5) is 0 Å². The van der Waals surface area contributed by atoms with Crippen molar-refractivity contribution in [3.05, 3.63) is 5.82 Å². The highest BCUT2D eigenvalue weighted by molar-refractivity contribution is 7.99. The standard InChI is InChI=1S/C13H21N3O2S/c1-4-10(8(2)3)16-12(9-5-6-9)14-15-13(16)19-7-11(17)18/h8-10H,4-7H2,1-3H3,(H,17,18). The van der Waals surface area contributed by atoms with Crippen molar-refractivity contribution >= 4 is 17.7 Å². The molecule has 1 fully saturated rings. The van der Waals surface area contributed by atoms with Crippen LogP contribution in [0.3, 0.4) is 0 Å². The number of carboxylic acids is 1. The summed E-state index contributed by atoms with van der Waals surface area (Å²) in [7, 11) is 0. The van der Waals surface area contributed by atoms with Gasteiger partial charge in [0.2, 0.25) is 0 Å². The van der Waals surface area contributed by atoms with Gasteiger partial charge < -0.3 is 9.67 Å². The SMILES string of the molecule is CCC(C(C)C)n1c(SCC(=O)O)nnc1C1CC1. The number of nitrogens with zero attached hydrogens (tertiary/aromatic N) is 3. The number of aliphatic carboxylic acids is 1. The van der Waals surface area contributed by atoms with E-state index in [2.05, 4.69) is 35.5 Å². The molecule has 0 aliphatic heterocycles. The van der Waals surface area contributed by atoms with Gasteiger partial charge >= 0.3 is 5.97 Å². The summed E-state index contributed by atoms with van der Waals surface area (Å²) in [5, 5.41) is 18.1. The van der Waals surface area contributed by atoms with E-state index in [0.29, 0.717) is 17.9 Å². The highest BCUT2D eigenvalue weighted by Gasteiger charge is 2.33. The van der Waals surface area contributed by atoms with Crippen LogP contribution in [0.2, 0.25) is 0 Å². The Bertz CT molecular complexity index is 455. The van der Waals surface area contributed by atoms with Gasteiger partial charge in [0.05, 0.1) is 5.75 Å². The van der Waals surface area contributed by atoms with E-state index in [9.17, 15) is 4.79 Å². The molecule has 0 bridgehead atoms. The summed E-state index contributed by atoms with van der Waals surface area (Å²) in [4.78, 5) is 10.7. The Hall–Kier alpha value is -1.04. The molecule has 0 aromatic carbocycles. The summed E-state index contributed by atoms with van der Waals surface area (Å²) in [6.45, 7) is 6.54. The van der Waals surface area contributed by atoms with Crippen molar-refractivity contribution in [2.24, 2.45) is 5.92 Å². The lowest BCUT2D eigenvalue weighted by Gasteiger charge is -2.24. The average Bonchev–Trinajstić information content (AvgIpc) is 3.10. The molecule has 0 spiro atoms. The Balaban J connectivity index is 2.29. The molecular weight excluding hydrogens is 262 g/mol. The molecule has 1 aromatic heterocycles. The van der Waals surface area contributed by atoms with Gasteiger partial charge in [-0.25, -0.2) is 0 Å². The zero-order valence-electron chi connectivity index (χ0n) is 11.7. The molecule has 1 saturated carbocycles. The van der Waals surface area contributed by atoms with Gasteiger partial charge in [0.1, 0.15) is 5.82 Å². The minimum atomic E-state index is -0.815. The Kier molecular flexibility index (Phi) is 4.50. The number of carboxylic acid groups (broad SMARTS) is 1. The summed E-state index contributed by atoms with van der Waals surface area (Å²) in [6, 6.07) is 0.349. The molecule has 106 valence electrons. The van der Waals surface area contributed by atoms with E-state index in [0.717, 1.165) is 17.4 Å². The molecule has 1 aliphatic rings. The van der Waals surface area contributed by atoms with Crippen LogP contribution in [-0.2, 0) is 4.79 Å². The Morgan fingerprint density at radius 2 is 2.16 bits per heavy atom. The van der Waals surface area contributed by atoms with Gasteiger partial charge in [-0.15, -0.1) is 10.2 Å². The Labute approximate surface area is 117 Å². The first-order valence-electron chi connectivity index (χ1n) is 6.84. The first kappa shape index (κ1) is 14.4. The first-order valence-corrected chi connectivity index (χ1v) is 7.82. The van der Waals surface area contributed by atoms with Gasteiger partial charge in [0.25, 0.3) is 0 Å². The van der Waals surface area contributed by atoms with E-state index in [1.54, 1.807) is 0 Å². The van der Waals surface area contributed by atoms with Gasteiger partial charge in [-0.05, 0) is 25.2 Å². The Morgan fingerprint density at radius 3 is 2.63 bits per heavy atom. The summed E-state index contributed by atoms with van der Waals surface area (Å²) in [5.41, 5.74) is 0. The van der Waals surface area contributed by atoms with Crippen LogP contribution in [0, 0.1) is 5.92 Å². The fraction of sp³-hybridized carbons (Fsp3) is 0.769. The summed E-state index contributed by atoms with van der Waals surface area (Å²) in [6.07, 6.45) is 3.36. The summed E-state index contributed by atoms with van der Waals surface area (Å²) >= 11 is 1.27. The number of hydrogen-bond donors (Lipinski definition) is 1. The van der Waals surface area contributed by atoms with Crippen LogP contribution in [0.15, 0.2) is 5.16 Å². The van der Waals surface area contributed by atoms with Gasteiger partial charge in [-0.2, -0.15) is 0 Å². The summed E-state index contributed by atoms with van der Waals surface area (Å²) < 4.78 is 2.19. The minimum Gasteiger partial charge on any atom is -0.481 e. The van der Waals surface area contributed by atoms with E-state index in [4.69, 9.17) is 5.11 Å². The molecule has 0 radical (unpaired) electrons. The predicted molar refractivity (Wildman–Crippen MR) is 74.5 cm³/mol. The van der Waals surface area contributed by atoms with E-state index < -0.39 is 5.97 Å². The summed E-state index contributed by atoms with van der Waals surface area (Å²) in [5.74, 6) is 1.29. The maximum atomic E-state index is 10.7. The Morgan fingerprint density at radius 1 is 1.47 bits per heavy atom. The molecule has 1 unspecified atom stereocenters. The van der Waals surface area contributed by atoms with Crippen molar-refractivity contribution in [3.8, 4) is 0 Å². The van der Waals surface area contributed by atoms with Crippen molar-refractivity contribution in [2.75, 3.05) is 5.75 Å². The molecule has 19 heavy (non-hydrogen) atoms. The number of hydrogen-bond acceptors (Lipinski definition) is 4. The smallest absolute Gasteiger partial charge is 0.313 e. The number of rotatable bonds is 7. The van der Waals surface area contributed by atoms with Crippen LogP contribution in [0.1, 0.15) is 57.8 Å². The second-order valence-electron chi connectivity index (χ2n) is 5.39. The monoisotopic (exact) mass is 283 g/mol. The van der Waals surface area contributed by atoms with E-state index >= 15 is 0 Å². The van der Waals surface area contributed by atoms with Crippen molar-refractivity contribution in [1.82, 2.24) is 14.8 Å². The topological polar surface area (TPSA) is 68.0 Å². The molecule has 0 saturated heterocycles. The first-order chi connectivity index (χ1) is 9.04. The number of aromatic nitrogens is 3. The molecule has 0 amide bonds. The quantitative estimate of drug-likeness (QED) is 0.779. The molecule has 5 nitrogen and oxygen atoms in total. The van der Waals surface area contributed by atoms with Gasteiger partial charge in [0.15, 0.2) is 5.16 Å². The molecular formula is C13H21N3O2S. The highest BCUT2D eigenvalue weighted by Crippen LogP contribution is 2.42. The normalized spacial score (nSPS) is 16.8. The van der Waals surface area contributed by atoms with Crippen molar-refractivity contribution in [2.45, 2.75) is 57.1 Å². The fourth-order valence-electron chi connectivity index (χ4n) is 2.40. The second kappa shape index (κ2) is 5.94. The van der Waals surface area contributed by atoms with E-state index in [1.165, 1.54) is 24.6 Å². The maximum absolute atomic E-state index is 10.7. The minimum absolute atomic E-state index is 0.0390. The van der Waals surface area contributed by atoms with Crippen molar-refractivity contribution < 1.29 is 9.90 Å². The van der Waals surface area contributed by atoms with E-state index in [1.807, 2.05) is 0 Å². The third kappa shape index (κ3) is 3.29. The van der Waals surface area contributed by atoms with Crippen LogP contribution in [0.25, 0.3) is 0 Å². The lowest BCUT2D eigenvalue weighted by Crippen LogP contribution is -2.18. The molecule has 1 aromatic rings. The number of thioether (sulfide) groups is 1. The van der Waals surface area contributed by atoms with Crippen LogP contribution < -0.4 is 0 Å². The molecule has 1 N–H and O–H groups in total. The third-order valence-corrected chi connectivity index (χ3v) is 4.41. The van der Waals surface area contributed by atoms with Gasteiger partial charge in [0, 0.05) is 12.0 Å². The molecule has 1 aliphatic carbocycles. The predicted octanol–water partition coefficient (Wildman–Crippen LogP) is 2.94. The molecule has 1 heterocycles. The van der Waals surface area contributed by atoms with Gasteiger partial charge in [-0.1, -0.05) is 32.5 Å². The van der Waals surface area contributed by atoms with Crippen LogP contribution >= 0.6 is 11.8 Å². The van der Waals surface area contributed by atoms with E-state index in [-0.39, 0.29) is 5.75 Å². The zero-order chi connectivity index (χ0) is 14.0. The molecule has 2 rings (SSSR count). The molecule has 1 atom stereocenters. The largest absolute Gasteiger partial charge is 0.481 e. The third-order valence-electron chi connectivity index (χ3n) is 3.48. The van der Waals surface area contributed by atoms with Crippen molar-refractivity contribution in [3.63, 3.8) is 0 Å². The van der Waals surface area contributed by atoms with Crippen LogP contribution in [-0.4, -0.2) is 31.6 Å². The number of carbonyl (C=O) groups is 1. The lowest BCUT2D eigenvalue weighted by molar-refractivity contribution is -0.133. The lowest BCUT2D eigenvalue weighted by atomic mass is 10.0.